The number of aryl methyl sites for hydroxylation is 1. The molecule has 206 valence electrons. The zero-order valence-corrected chi connectivity index (χ0v) is 23.5. The number of rotatable bonds is 7. The molecule has 4 heterocycles. The van der Waals surface area contributed by atoms with E-state index in [1.807, 2.05) is 35.1 Å². The summed E-state index contributed by atoms with van der Waals surface area (Å²) in [5.74, 6) is 0.945. The lowest BCUT2D eigenvalue weighted by atomic mass is 9.95. The minimum atomic E-state index is -0.153. The first kappa shape index (κ1) is 26.1. The Hall–Kier alpha value is -4.17. The molecule has 0 radical (unpaired) electrons. The number of likely N-dealkylation sites (tertiary alicyclic amines) is 1. The molecule has 2 aromatic heterocycles. The molecule has 0 aliphatic carbocycles. The fourth-order valence-electron chi connectivity index (χ4n) is 5.69. The molecule has 0 bridgehead atoms. The number of pyridine rings is 1. The summed E-state index contributed by atoms with van der Waals surface area (Å²) in [6.45, 7) is 6.34. The molecule has 40 heavy (non-hydrogen) atoms. The summed E-state index contributed by atoms with van der Waals surface area (Å²) < 4.78 is 1.98. The highest BCUT2D eigenvalue weighted by molar-refractivity contribution is 5.90. The Labute approximate surface area is 236 Å². The van der Waals surface area contributed by atoms with Crippen molar-refractivity contribution in [2.75, 3.05) is 37.8 Å². The highest BCUT2D eigenvalue weighted by Gasteiger charge is 2.28. The Bertz CT molecular complexity index is 1480. The van der Waals surface area contributed by atoms with Crippen LogP contribution in [0.1, 0.15) is 42.5 Å². The SMILES string of the molecule is CCn1cc(-c2ccnc3c2CC(c2ccc(CN4CCCC4)cc2)N3)c(-c2ccc(NC(=O)N(C)C)cc2)n1. The third kappa shape index (κ3) is 5.31. The molecule has 2 aromatic carbocycles. The van der Waals surface area contributed by atoms with Crippen LogP contribution in [0.25, 0.3) is 22.4 Å². The summed E-state index contributed by atoms with van der Waals surface area (Å²) in [5, 5.41) is 11.5. The zero-order valence-electron chi connectivity index (χ0n) is 23.5. The highest BCUT2D eigenvalue weighted by atomic mass is 16.2. The van der Waals surface area contributed by atoms with E-state index in [2.05, 4.69) is 59.0 Å². The van der Waals surface area contributed by atoms with Gasteiger partial charge in [0.15, 0.2) is 0 Å². The predicted molar refractivity (Wildman–Crippen MR) is 160 cm³/mol. The van der Waals surface area contributed by atoms with Crippen molar-refractivity contribution in [2.24, 2.45) is 0 Å². The van der Waals surface area contributed by atoms with Gasteiger partial charge in [-0.3, -0.25) is 9.58 Å². The van der Waals surface area contributed by atoms with Gasteiger partial charge in [0.1, 0.15) is 11.5 Å². The van der Waals surface area contributed by atoms with Crippen LogP contribution < -0.4 is 10.6 Å². The molecule has 1 saturated heterocycles. The number of benzene rings is 2. The third-order valence-corrected chi connectivity index (χ3v) is 7.95. The second-order valence-corrected chi connectivity index (χ2v) is 11.0. The van der Waals surface area contributed by atoms with Gasteiger partial charge < -0.3 is 15.5 Å². The van der Waals surface area contributed by atoms with E-state index in [4.69, 9.17) is 10.1 Å². The van der Waals surface area contributed by atoms with Crippen LogP contribution in [0.5, 0.6) is 0 Å². The van der Waals surface area contributed by atoms with Crippen LogP contribution in [-0.4, -0.2) is 57.8 Å². The molecule has 1 fully saturated rings. The highest BCUT2D eigenvalue weighted by Crippen LogP contribution is 2.41. The van der Waals surface area contributed by atoms with Crippen LogP contribution in [0.15, 0.2) is 67.0 Å². The molecular formula is C32H37N7O. The first-order valence-electron chi connectivity index (χ1n) is 14.2. The van der Waals surface area contributed by atoms with Crippen molar-refractivity contribution in [1.29, 1.82) is 0 Å². The number of fused-ring (bicyclic) bond motifs is 1. The summed E-state index contributed by atoms with van der Waals surface area (Å²) >= 11 is 0. The summed E-state index contributed by atoms with van der Waals surface area (Å²) in [7, 11) is 3.45. The Morgan fingerprint density at radius 3 is 2.48 bits per heavy atom. The van der Waals surface area contributed by atoms with Crippen molar-refractivity contribution >= 4 is 17.5 Å². The molecule has 2 aliphatic rings. The van der Waals surface area contributed by atoms with Gasteiger partial charge in [0.2, 0.25) is 0 Å². The van der Waals surface area contributed by atoms with Gasteiger partial charge in [0, 0.05) is 68.4 Å². The molecule has 0 spiro atoms. The molecule has 2 N–H and O–H groups in total. The van der Waals surface area contributed by atoms with E-state index in [1.54, 1.807) is 14.1 Å². The molecule has 2 aliphatic heterocycles. The molecule has 8 nitrogen and oxygen atoms in total. The summed E-state index contributed by atoms with van der Waals surface area (Å²) in [6.07, 6.45) is 7.52. The quantitative estimate of drug-likeness (QED) is 0.302. The van der Waals surface area contributed by atoms with Crippen LogP contribution in [0.2, 0.25) is 0 Å². The van der Waals surface area contributed by atoms with Gasteiger partial charge in [-0.15, -0.1) is 0 Å². The van der Waals surface area contributed by atoms with Gasteiger partial charge in [-0.2, -0.15) is 5.10 Å². The summed E-state index contributed by atoms with van der Waals surface area (Å²) in [5.41, 5.74) is 8.82. The molecule has 1 unspecified atom stereocenters. The van der Waals surface area contributed by atoms with Crippen molar-refractivity contribution in [3.8, 4) is 22.4 Å². The molecule has 8 heteroatoms. The van der Waals surface area contributed by atoms with E-state index in [1.165, 1.54) is 47.5 Å². The fraction of sp³-hybridized carbons (Fsp3) is 0.344. The van der Waals surface area contributed by atoms with Gasteiger partial charge >= 0.3 is 6.03 Å². The van der Waals surface area contributed by atoms with E-state index in [0.717, 1.165) is 53.4 Å². The third-order valence-electron chi connectivity index (χ3n) is 7.95. The Morgan fingerprint density at radius 2 is 1.77 bits per heavy atom. The second-order valence-electron chi connectivity index (χ2n) is 11.0. The predicted octanol–water partition coefficient (Wildman–Crippen LogP) is 6.03. The largest absolute Gasteiger partial charge is 0.363 e. The minimum Gasteiger partial charge on any atom is -0.363 e. The van der Waals surface area contributed by atoms with Crippen LogP contribution in [0.3, 0.4) is 0 Å². The number of nitrogens with zero attached hydrogens (tertiary/aromatic N) is 5. The Morgan fingerprint density at radius 1 is 1.02 bits per heavy atom. The van der Waals surface area contributed by atoms with Crippen molar-refractivity contribution in [2.45, 2.75) is 45.3 Å². The van der Waals surface area contributed by atoms with Gasteiger partial charge in [-0.1, -0.05) is 36.4 Å². The van der Waals surface area contributed by atoms with Crippen LogP contribution in [-0.2, 0) is 19.5 Å². The number of carbonyl (C=O) groups excluding carboxylic acids is 1. The zero-order chi connectivity index (χ0) is 27.6. The Kier molecular flexibility index (Phi) is 7.26. The molecule has 1 atom stereocenters. The number of hydrogen-bond donors (Lipinski definition) is 2. The van der Waals surface area contributed by atoms with Gasteiger partial charge in [0.05, 0.1) is 6.04 Å². The number of carbonyl (C=O) groups is 1. The lowest BCUT2D eigenvalue weighted by Crippen LogP contribution is -2.27. The van der Waals surface area contributed by atoms with Crippen LogP contribution >= 0.6 is 0 Å². The first-order valence-corrected chi connectivity index (χ1v) is 14.2. The van der Waals surface area contributed by atoms with Crippen molar-refractivity contribution in [1.82, 2.24) is 24.6 Å². The number of urea groups is 1. The van der Waals surface area contributed by atoms with E-state index in [9.17, 15) is 4.79 Å². The van der Waals surface area contributed by atoms with Gasteiger partial charge in [-0.25, -0.2) is 9.78 Å². The number of amides is 2. The van der Waals surface area contributed by atoms with Crippen LogP contribution in [0, 0.1) is 0 Å². The lowest BCUT2D eigenvalue weighted by molar-refractivity contribution is 0.230. The van der Waals surface area contributed by atoms with Crippen molar-refractivity contribution < 1.29 is 4.79 Å². The Balaban J connectivity index is 1.25. The van der Waals surface area contributed by atoms with E-state index >= 15 is 0 Å². The second kappa shape index (κ2) is 11.1. The summed E-state index contributed by atoms with van der Waals surface area (Å²) in [4.78, 5) is 20.8. The maximum absolute atomic E-state index is 12.1. The average Bonchev–Trinajstić information content (AvgIpc) is 3.73. The topological polar surface area (TPSA) is 78.3 Å². The van der Waals surface area contributed by atoms with Crippen molar-refractivity contribution in [3.05, 3.63) is 83.7 Å². The first-order chi connectivity index (χ1) is 19.5. The lowest BCUT2D eigenvalue weighted by Gasteiger charge is -2.16. The monoisotopic (exact) mass is 535 g/mol. The van der Waals surface area contributed by atoms with E-state index in [0.29, 0.717) is 0 Å². The van der Waals surface area contributed by atoms with Gasteiger partial charge in [0.25, 0.3) is 0 Å². The normalized spacial score (nSPS) is 16.5. The smallest absolute Gasteiger partial charge is 0.321 e. The van der Waals surface area contributed by atoms with E-state index < -0.39 is 0 Å². The number of aromatic nitrogens is 3. The average molecular weight is 536 g/mol. The summed E-state index contributed by atoms with van der Waals surface area (Å²) in [6, 6.07) is 19.1. The minimum absolute atomic E-state index is 0.153. The molecule has 0 saturated carbocycles. The molecule has 4 aromatic rings. The van der Waals surface area contributed by atoms with E-state index in [-0.39, 0.29) is 12.1 Å². The fourth-order valence-corrected chi connectivity index (χ4v) is 5.69. The molecule has 2 amide bonds. The number of anilines is 2. The molecular weight excluding hydrogens is 498 g/mol. The maximum Gasteiger partial charge on any atom is 0.321 e. The maximum atomic E-state index is 12.1. The number of nitrogens with one attached hydrogen (secondary N) is 2. The molecule has 6 rings (SSSR count). The van der Waals surface area contributed by atoms with Crippen LogP contribution in [0.4, 0.5) is 16.3 Å². The number of hydrogen-bond acceptors (Lipinski definition) is 5. The standard InChI is InChI=1S/C32H37N7O/c1-4-39-21-28(30(36-39)24-11-13-25(14-12-24)34-32(40)37(2)3)26-15-16-33-31-27(26)19-29(35-31)23-9-7-22(8-10-23)20-38-17-5-6-18-38/h7-16,21,29H,4-6,17-20H2,1-3H3,(H,33,35)(H,34,40). The van der Waals surface area contributed by atoms with Crippen molar-refractivity contribution in [3.63, 3.8) is 0 Å². The van der Waals surface area contributed by atoms with Gasteiger partial charge in [-0.05, 0) is 67.7 Å².